The van der Waals surface area contributed by atoms with E-state index >= 15 is 0 Å². The second kappa shape index (κ2) is 4.28. The molecule has 0 aliphatic rings. The summed E-state index contributed by atoms with van der Waals surface area (Å²) < 4.78 is 10.4. The van der Waals surface area contributed by atoms with E-state index < -0.39 is 0 Å². The molecule has 0 fully saturated rings. The summed E-state index contributed by atoms with van der Waals surface area (Å²) in [5, 5.41) is 17.5. The molecule has 3 aromatic rings. The third kappa shape index (κ3) is 1.79. The van der Waals surface area contributed by atoms with E-state index in [1.165, 1.54) is 0 Å². The Kier molecular flexibility index (Phi) is 2.59. The van der Waals surface area contributed by atoms with Crippen molar-refractivity contribution in [2.75, 3.05) is 14.2 Å². The summed E-state index contributed by atoms with van der Waals surface area (Å²) in [6.45, 7) is 0. The molecule has 0 unspecified atom stereocenters. The molecule has 3 rings (SSSR count). The van der Waals surface area contributed by atoms with E-state index in [9.17, 15) is 5.21 Å². The number of fused-ring (bicyclic) bond motifs is 3. The molecule has 0 saturated heterocycles. The van der Waals surface area contributed by atoms with Crippen LogP contribution in [0.5, 0.6) is 11.5 Å². The van der Waals surface area contributed by atoms with Crippen LogP contribution in [0.25, 0.3) is 21.8 Å². The maximum atomic E-state index is 11.9. The molecule has 96 valence electrons. The summed E-state index contributed by atoms with van der Waals surface area (Å²) in [5.74, 6) is 1.42. The van der Waals surface area contributed by atoms with Crippen molar-refractivity contribution in [1.29, 1.82) is 0 Å². The van der Waals surface area contributed by atoms with E-state index in [1.54, 1.807) is 38.5 Å². The minimum Gasteiger partial charge on any atom is -0.594 e. The number of hydrogen-bond donors (Lipinski definition) is 0. The molecule has 19 heavy (non-hydrogen) atoms. The third-order valence-electron chi connectivity index (χ3n) is 3.10. The highest BCUT2D eigenvalue weighted by atomic mass is 16.5. The van der Waals surface area contributed by atoms with Gasteiger partial charge in [-0.2, -0.15) is 0 Å². The lowest BCUT2D eigenvalue weighted by molar-refractivity contribution is -0.639. The molecule has 0 saturated carbocycles. The molecule has 0 radical (unpaired) electrons. The second-order valence-corrected chi connectivity index (χ2v) is 4.14. The van der Waals surface area contributed by atoms with Gasteiger partial charge in [-0.3, -0.25) is 0 Å². The first-order valence-corrected chi connectivity index (χ1v) is 5.78. The maximum Gasteiger partial charge on any atom is 0.253 e. The van der Waals surface area contributed by atoms with Crippen LogP contribution >= 0.6 is 0 Å². The zero-order valence-corrected chi connectivity index (χ0v) is 10.6. The van der Waals surface area contributed by atoms with Gasteiger partial charge in [0.2, 0.25) is 0 Å². The molecule has 0 amide bonds. The SMILES string of the molecule is COc1ccc2n[n+]([O-])c3ccc(OC)cc3c2c1. The average molecular weight is 256 g/mol. The Morgan fingerprint density at radius 3 is 2.26 bits per heavy atom. The van der Waals surface area contributed by atoms with Gasteiger partial charge >= 0.3 is 0 Å². The van der Waals surface area contributed by atoms with Crippen molar-refractivity contribution in [3.05, 3.63) is 41.6 Å². The Hall–Kier alpha value is -2.56. The first kappa shape index (κ1) is 11.5. The molecule has 0 bridgehead atoms. The van der Waals surface area contributed by atoms with Gasteiger partial charge in [0.05, 0.1) is 19.6 Å². The molecule has 1 heterocycles. The molecule has 2 aromatic carbocycles. The van der Waals surface area contributed by atoms with Gasteiger partial charge < -0.3 is 14.7 Å². The topological polar surface area (TPSA) is 58.3 Å². The largest absolute Gasteiger partial charge is 0.594 e. The van der Waals surface area contributed by atoms with Crippen molar-refractivity contribution in [3.63, 3.8) is 0 Å². The lowest BCUT2D eigenvalue weighted by Crippen LogP contribution is -2.31. The molecule has 0 N–H and O–H groups in total. The standard InChI is InChI=1S/C14H12N2O3/c1-18-9-3-5-13-11(7-9)12-8-10(19-2)4-6-14(12)16(17)15-13/h3-8H,1-2H3. The maximum absolute atomic E-state index is 11.9. The van der Waals surface area contributed by atoms with E-state index in [1.807, 2.05) is 12.1 Å². The van der Waals surface area contributed by atoms with E-state index in [4.69, 9.17) is 9.47 Å². The van der Waals surface area contributed by atoms with E-state index in [0.717, 1.165) is 16.5 Å². The first-order valence-electron chi connectivity index (χ1n) is 5.78. The smallest absolute Gasteiger partial charge is 0.253 e. The van der Waals surface area contributed by atoms with Gasteiger partial charge in [0, 0.05) is 16.6 Å². The molecule has 0 aliphatic heterocycles. The van der Waals surface area contributed by atoms with Gasteiger partial charge in [-0.05, 0) is 35.2 Å². The molecule has 0 atom stereocenters. The van der Waals surface area contributed by atoms with Crippen LogP contribution in [0.3, 0.4) is 0 Å². The van der Waals surface area contributed by atoms with Gasteiger partial charge in [0.25, 0.3) is 5.52 Å². The molecule has 5 heteroatoms. The molecule has 1 aromatic heterocycles. The van der Waals surface area contributed by atoms with Gasteiger partial charge in [-0.15, -0.1) is 0 Å². The van der Waals surface area contributed by atoms with Crippen LogP contribution in [0.2, 0.25) is 0 Å². The predicted molar refractivity (Wildman–Crippen MR) is 71.3 cm³/mol. The molecular weight excluding hydrogens is 244 g/mol. The van der Waals surface area contributed by atoms with Crippen molar-refractivity contribution in [3.8, 4) is 11.5 Å². The van der Waals surface area contributed by atoms with Crippen LogP contribution in [0.1, 0.15) is 0 Å². The lowest BCUT2D eigenvalue weighted by Gasteiger charge is -2.06. The molecule has 5 nitrogen and oxygen atoms in total. The summed E-state index contributed by atoms with van der Waals surface area (Å²) in [6.07, 6.45) is 0. The highest BCUT2D eigenvalue weighted by molar-refractivity contribution is 6.03. The Balaban J connectivity index is 2.46. The molecule has 0 spiro atoms. The van der Waals surface area contributed by atoms with Crippen LogP contribution in [0.4, 0.5) is 0 Å². The molecular formula is C14H12N2O3. The van der Waals surface area contributed by atoms with Crippen molar-refractivity contribution in [1.82, 2.24) is 5.10 Å². The van der Waals surface area contributed by atoms with Crippen molar-refractivity contribution >= 4 is 21.8 Å². The van der Waals surface area contributed by atoms with E-state index in [2.05, 4.69) is 5.10 Å². The van der Waals surface area contributed by atoms with Crippen LogP contribution in [-0.4, -0.2) is 19.3 Å². The fraction of sp³-hybridized carbons (Fsp3) is 0.143. The number of hydrogen-bond acceptors (Lipinski definition) is 4. The lowest BCUT2D eigenvalue weighted by atomic mass is 10.1. The minimum atomic E-state index is 0.501. The zero-order valence-electron chi connectivity index (χ0n) is 10.6. The van der Waals surface area contributed by atoms with Crippen LogP contribution in [-0.2, 0) is 0 Å². The number of rotatable bonds is 2. The molecule has 0 aliphatic carbocycles. The fourth-order valence-electron chi connectivity index (χ4n) is 2.12. The number of methoxy groups -OCH3 is 2. The van der Waals surface area contributed by atoms with Crippen LogP contribution in [0, 0.1) is 5.21 Å². The number of aromatic nitrogens is 2. The predicted octanol–water partition coefficient (Wildman–Crippen LogP) is 2.04. The summed E-state index contributed by atoms with van der Waals surface area (Å²) >= 11 is 0. The third-order valence-corrected chi connectivity index (χ3v) is 3.10. The van der Waals surface area contributed by atoms with Crippen LogP contribution < -0.4 is 14.3 Å². The van der Waals surface area contributed by atoms with Crippen LogP contribution in [0.15, 0.2) is 36.4 Å². The van der Waals surface area contributed by atoms with Gasteiger partial charge in [0.15, 0.2) is 0 Å². The van der Waals surface area contributed by atoms with E-state index in [-0.39, 0.29) is 0 Å². The second-order valence-electron chi connectivity index (χ2n) is 4.14. The summed E-state index contributed by atoms with van der Waals surface area (Å²) in [7, 11) is 3.20. The first-order chi connectivity index (χ1) is 9.22. The Labute approximate surface area is 109 Å². The summed E-state index contributed by atoms with van der Waals surface area (Å²) in [5.41, 5.74) is 1.12. The van der Waals surface area contributed by atoms with Gasteiger partial charge in [-0.1, -0.05) is 0 Å². The van der Waals surface area contributed by atoms with Crippen molar-refractivity contribution in [2.45, 2.75) is 0 Å². The summed E-state index contributed by atoms with van der Waals surface area (Å²) in [4.78, 5) is 0.629. The summed E-state index contributed by atoms with van der Waals surface area (Å²) in [6, 6.07) is 10.7. The average Bonchev–Trinajstić information content (AvgIpc) is 2.46. The minimum absolute atomic E-state index is 0.501. The van der Waals surface area contributed by atoms with Gasteiger partial charge in [-0.25, -0.2) is 0 Å². The van der Waals surface area contributed by atoms with Crippen molar-refractivity contribution in [2.24, 2.45) is 0 Å². The number of nitrogens with zero attached hydrogens (tertiary/aromatic N) is 2. The highest BCUT2D eigenvalue weighted by Gasteiger charge is 2.13. The monoisotopic (exact) mass is 256 g/mol. The Bertz CT molecular complexity index is 771. The Morgan fingerprint density at radius 2 is 1.58 bits per heavy atom. The van der Waals surface area contributed by atoms with E-state index in [0.29, 0.717) is 21.6 Å². The highest BCUT2D eigenvalue weighted by Crippen LogP contribution is 2.27. The Morgan fingerprint density at radius 1 is 0.947 bits per heavy atom. The van der Waals surface area contributed by atoms with Crippen molar-refractivity contribution < 1.29 is 14.3 Å². The quantitative estimate of drug-likeness (QED) is 0.400. The zero-order chi connectivity index (χ0) is 13.4. The number of benzene rings is 2. The van der Waals surface area contributed by atoms with Gasteiger partial charge in [0.1, 0.15) is 17.0 Å². The fourth-order valence-corrected chi connectivity index (χ4v) is 2.12. The number of ether oxygens (including phenoxy) is 2. The normalized spacial score (nSPS) is 10.8.